The van der Waals surface area contributed by atoms with Gasteiger partial charge in [-0.3, -0.25) is 4.79 Å². The van der Waals surface area contributed by atoms with Crippen molar-refractivity contribution in [2.24, 2.45) is 16.3 Å². The Bertz CT molecular complexity index is 297. The third kappa shape index (κ3) is 2.22. The van der Waals surface area contributed by atoms with Gasteiger partial charge in [0.25, 0.3) is 0 Å². The molecule has 1 saturated carbocycles. The molecule has 1 unspecified atom stereocenters. The summed E-state index contributed by atoms with van der Waals surface area (Å²) in [5, 5.41) is 14.5. The van der Waals surface area contributed by atoms with Crippen molar-refractivity contribution in [1.82, 2.24) is 5.32 Å². The van der Waals surface area contributed by atoms with Gasteiger partial charge in [0.15, 0.2) is 5.84 Å². The van der Waals surface area contributed by atoms with E-state index >= 15 is 0 Å². The molecule has 5 nitrogen and oxygen atoms in total. The molecule has 4 N–H and O–H groups in total. The number of rotatable bonds is 4. The Morgan fingerprint density at radius 1 is 1.67 bits per heavy atom. The molecule has 0 bridgehead atoms. The van der Waals surface area contributed by atoms with Crippen molar-refractivity contribution >= 4 is 11.7 Å². The fraction of sp³-hybridized carbons (Fsp3) is 0.800. The van der Waals surface area contributed by atoms with Crippen molar-refractivity contribution < 1.29 is 10.0 Å². The van der Waals surface area contributed by atoms with Gasteiger partial charge in [0.05, 0.1) is 0 Å². The van der Waals surface area contributed by atoms with Crippen LogP contribution in [0.3, 0.4) is 0 Å². The van der Waals surface area contributed by atoms with Crippen LogP contribution in [-0.2, 0) is 4.79 Å². The van der Waals surface area contributed by atoms with Crippen LogP contribution in [0.2, 0.25) is 0 Å². The van der Waals surface area contributed by atoms with E-state index in [2.05, 4.69) is 10.5 Å². The summed E-state index contributed by atoms with van der Waals surface area (Å²) in [6, 6.07) is 0. The van der Waals surface area contributed by atoms with Crippen LogP contribution in [0.4, 0.5) is 0 Å². The minimum atomic E-state index is -0.916. The molecular weight excluding hydrogens is 194 g/mol. The monoisotopic (exact) mass is 213 g/mol. The fourth-order valence-electron chi connectivity index (χ4n) is 1.29. The molecule has 5 heteroatoms. The normalized spacial score (nSPS) is 23.0. The third-order valence-corrected chi connectivity index (χ3v) is 3.30. The van der Waals surface area contributed by atoms with E-state index < -0.39 is 5.41 Å². The molecular formula is C10H19N3O2. The number of hydrogen-bond acceptors (Lipinski definition) is 3. The summed E-state index contributed by atoms with van der Waals surface area (Å²) in [5.41, 5.74) is 4.54. The van der Waals surface area contributed by atoms with Crippen LogP contribution in [0.15, 0.2) is 5.16 Å². The second-order valence-corrected chi connectivity index (χ2v) is 4.69. The quantitative estimate of drug-likeness (QED) is 0.279. The number of amidine groups is 1. The van der Waals surface area contributed by atoms with Crippen LogP contribution in [-0.4, -0.2) is 22.5 Å². The largest absolute Gasteiger partial charge is 0.409 e. The smallest absolute Gasteiger partial charge is 0.234 e. The van der Waals surface area contributed by atoms with Gasteiger partial charge in [-0.2, -0.15) is 0 Å². The Morgan fingerprint density at radius 2 is 2.20 bits per heavy atom. The molecule has 15 heavy (non-hydrogen) atoms. The van der Waals surface area contributed by atoms with E-state index in [1.807, 2.05) is 13.8 Å². The van der Waals surface area contributed by atoms with Gasteiger partial charge in [0, 0.05) is 5.54 Å². The molecule has 1 aliphatic rings. The SMILES string of the molecule is CCC(C)(C(=O)NC1(C)CC1)C(N)=NO. The van der Waals surface area contributed by atoms with Crippen molar-refractivity contribution in [3.63, 3.8) is 0 Å². The van der Waals surface area contributed by atoms with Crippen LogP contribution in [0.1, 0.15) is 40.0 Å². The number of nitrogens with one attached hydrogen (secondary N) is 1. The van der Waals surface area contributed by atoms with Gasteiger partial charge >= 0.3 is 0 Å². The lowest BCUT2D eigenvalue weighted by molar-refractivity contribution is -0.128. The molecule has 0 heterocycles. The first-order valence-electron chi connectivity index (χ1n) is 5.18. The highest BCUT2D eigenvalue weighted by atomic mass is 16.4. The molecule has 0 aromatic rings. The molecule has 1 atom stereocenters. The average molecular weight is 213 g/mol. The van der Waals surface area contributed by atoms with Gasteiger partial charge in [0.2, 0.25) is 5.91 Å². The summed E-state index contributed by atoms with van der Waals surface area (Å²) in [6.45, 7) is 5.52. The first-order chi connectivity index (χ1) is 6.88. The molecule has 1 rings (SSSR count). The molecule has 1 fully saturated rings. The van der Waals surface area contributed by atoms with Gasteiger partial charge in [-0.1, -0.05) is 12.1 Å². The Balaban J connectivity index is 2.77. The summed E-state index contributed by atoms with van der Waals surface area (Å²) in [5.74, 6) is -0.202. The first kappa shape index (κ1) is 11.8. The number of amides is 1. The van der Waals surface area contributed by atoms with Crippen molar-refractivity contribution in [2.75, 3.05) is 0 Å². The molecule has 1 aliphatic carbocycles. The predicted molar refractivity (Wildman–Crippen MR) is 57.6 cm³/mol. The molecule has 86 valence electrons. The van der Waals surface area contributed by atoms with Gasteiger partial charge < -0.3 is 16.3 Å². The lowest BCUT2D eigenvalue weighted by Crippen LogP contribution is -2.50. The predicted octanol–water partition coefficient (Wildman–Crippen LogP) is 0.818. The Morgan fingerprint density at radius 3 is 2.53 bits per heavy atom. The van der Waals surface area contributed by atoms with Gasteiger partial charge in [0.1, 0.15) is 5.41 Å². The summed E-state index contributed by atoms with van der Waals surface area (Å²) >= 11 is 0. The van der Waals surface area contributed by atoms with E-state index in [0.29, 0.717) is 6.42 Å². The van der Waals surface area contributed by atoms with E-state index in [4.69, 9.17) is 10.9 Å². The highest BCUT2D eigenvalue weighted by Gasteiger charge is 2.44. The second kappa shape index (κ2) is 3.72. The molecule has 0 spiro atoms. The van der Waals surface area contributed by atoms with Crippen LogP contribution in [0.25, 0.3) is 0 Å². The maximum absolute atomic E-state index is 12.0. The lowest BCUT2D eigenvalue weighted by Gasteiger charge is -2.27. The zero-order chi connectivity index (χ0) is 11.7. The van der Waals surface area contributed by atoms with Gasteiger partial charge in [-0.05, 0) is 33.1 Å². The molecule has 1 amide bonds. The summed E-state index contributed by atoms with van der Waals surface area (Å²) in [7, 11) is 0. The topological polar surface area (TPSA) is 87.7 Å². The Hall–Kier alpha value is -1.26. The molecule has 0 saturated heterocycles. The standard InChI is InChI=1S/C10H19N3O2/c1-4-10(3,7(11)13-15)8(14)12-9(2)5-6-9/h15H,4-6H2,1-3H3,(H2,11,13)(H,12,14). The summed E-state index contributed by atoms with van der Waals surface area (Å²) < 4.78 is 0. The van der Waals surface area contributed by atoms with Crippen molar-refractivity contribution in [1.29, 1.82) is 0 Å². The number of nitrogens with zero attached hydrogens (tertiary/aromatic N) is 1. The second-order valence-electron chi connectivity index (χ2n) is 4.69. The highest BCUT2D eigenvalue weighted by Crippen LogP contribution is 2.36. The van der Waals surface area contributed by atoms with E-state index in [1.165, 1.54) is 0 Å². The van der Waals surface area contributed by atoms with Crippen LogP contribution in [0.5, 0.6) is 0 Å². The lowest BCUT2D eigenvalue weighted by atomic mass is 9.85. The Kier molecular flexibility index (Phi) is 2.93. The zero-order valence-corrected chi connectivity index (χ0v) is 9.50. The number of nitrogens with two attached hydrogens (primary N) is 1. The molecule has 0 radical (unpaired) electrons. The summed E-state index contributed by atoms with van der Waals surface area (Å²) in [6.07, 6.45) is 2.49. The molecule has 0 aromatic heterocycles. The number of hydrogen-bond donors (Lipinski definition) is 3. The number of carbonyl (C=O) groups excluding carboxylic acids is 1. The van der Waals surface area contributed by atoms with Crippen molar-refractivity contribution in [3.8, 4) is 0 Å². The molecule has 0 aromatic carbocycles. The average Bonchev–Trinajstić information content (AvgIpc) is 2.93. The van der Waals surface area contributed by atoms with Crippen molar-refractivity contribution in [3.05, 3.63) is 0 Å². The van der Waals surface area contributed by atoms with Crippen molar-refractivity contribution in [2.45, 2.75) is 45.6 Å². The Labute approximate surface area is 89.7 Å². The fourth-order valence-corrected chi connectivity index (χ4v) is 1.29. The van der Waals surface area contributed by atoms with Crippen LogP contribution in [0, 0.1) is 5.41 Å². The maximum atomic E-state index is 12.0. The van der Waals surface area contributed by atoms with Crippen LogP contribution >= 0.6 is 0 Å². The van der Waals surface area contributed by atoms with E-state index in [9.17, 15) is 4.79 Å². The minimum Gasteiger partial charge on any atom is -0.409 e. The summed E-state index contributed by atoms with van der Waals surface area (Å²) in [4.78, 5) is 12.0. The number of oxime groups is 1. The zero-order valence-electron chi connectivity index (χ0n) is 9.50. The van der Waals surface area contributed by atoms with Crippen LogP contribution < -0.4 is 11.1 Å². The van der Waals surface area contributed by atoms with Gasteiger partial charge in [-0.15, -0.1) is 0 Å². The van der Waals surface area contributed by atoms with E-state index in [0.717, 1.165) is 12.8 Å². The maximum Gasteiger partial charge on any atom is 0.234 e. The van der Waals surface area contributed by atoms with Gasteiger partial charge in [-0.25, -0.2) is 0 Å². The van der Waals surface area contributed by atoms with E-state index in [-0.39, 0.29) is 17.3 Å². The highest BCUT2D eigenvalue weighted by molar-refractivity contribution is 6.06. The van der Waals surface area contributed by atoms with E-state index in [1.54, 1.807) is 6.92 Å². The minimum absolute atomic E-state index is 0.0354. The molecule has 0 aliphatic heterocycles. The number of carbonyl (C=O) groups is 1. The third-order valence-electron chi connectivity index (χ3n) is 3.30. The first-order valence-corrected chi connectivity index (χ1v) is 5.18.